The van der Waals surface area contributed by atoms with Crippen LogP contribution < -0.4 is 14.8 Å². The van der Waals surface area contributed by atoms with Gasteiger partial charge in [-0.2, -0.15) is 5.26 Å². The Labute approximate surface area is 208 Å². The second kappa shape index (κ2) is 13.2. The summed E-state index contributed by atoms with van der Waals surface area (Å²) in [5.74, 6) is 0.281. The molecule has 2 aromatic rings. The van der Waals surface area contributed by atoms with Gasteiger partial charge in [0, 0.05) is 12.1 Å². The van der Waals surface area contributed by atoms with E-state index in [1.165, 1.54) is 6.08 Å². The van der Waals surface area contributed by atoms with E-state index in [1.807, 2.05) is 77.9 Å². The van der Waals surface area contributed by atoms with Crippen LogP contribution in [0.15, 0.2) is 54.1 Å². The van der Waals surface area contributed by atoms with Crippen LogP contribution in [0.3, 0.4) is 0 Å². The average Bonchev–Trinajstić information content (AvgIpc) is 2.82. The molecule has 0 radical (unpaired) electrons. The molecule has 35 heavy (non-hydrogen) atoms. The zero-order valence-corrected chi connectivity index (χ0v) is 21.4. The van der Waals surface area contributed by atoms with Crippen molar-refractivity contribution < 1.29 is 19.1 Å². The first-order valence-electron chi connectivity index (χ1n) is 11.9. The monoisotopic (exact) mass is 477 g/mol. The lowest BCUT2D eigenvalue weighted by Crippen LogP contribution is -2.44. The minimum absolute atomic E-state index is 0.0245. The number of benzene rings is 2. The van der Waals surface area contributed by atoms with Crippen LogP contribution in [0.1, 0.15) is 58.7 Å². The maximum Gasteiger partial charge on any atom is 0.262 e. The Morgan fingerprint density at radius 3 is 2.23 bits per heavy atom. The summed E-state index contributed by atoms with van der Waals surface area (Å²) in [7, 11) is 0. The number of carbonyl (C=O) groups excluding carboxylic acids is 2. The molecule has 7 heteroatoms. The molecule has 0 spiro atoms. The fraction of sp³-hybridized carbons (Fsp3) is 0.393. The number of nitrogens with one attached hydrogen (secondary N) is 1. The lowest BCUT2D eigenvalue weighted by atomic mass is 10.1. The molecule has 7 nitrogen and oxygen atoms in total. The highest BCUT2D eigenvalue weighted by Crippen LogP contribution is 2.29. The van der Waals surface area contributed by atoms with Crippen molar-refractivity contribution in [3.63, 3.8) is 0 Å². The normalized spacial score (nSPS) is 12.1. The van der Waals surface area contributed by atoms with Crippen LogP contribution >= 0.6 is 0 Å². The number of carbonyl (C=O) groups is 2. The van der Waals surface area contributed by atoms with E-state index in [0.717, 1.165) is 5.56 Å². The minimum atomic E-state index is -0.463. The number of ether oxygens (including phenoxy) is 2. The predicted molar refractivity (Wildman–Crippen MR) is 137 cm³/mol. The zero-order chi connectivity index (χ0) is 26.0. The van der Waals surface area contributed by atoms with Crippen LogP contribution in [0.5, 0.6) is 11.5 Å². The number of amides is 2. The fourth-order valence-electron chi connectivity index (χ4n) is 3.80. The second-order valence-electron chi connectivity index (χ2n) is 8.69. The quantitative estimate of drug-likeness (QED) is 0.367. The molecule has 1 unspecified atom stereocenters. The van der Waals surface area contributed by atoms with Gasteiger partial charge in [-0.05, 0) is 70.9 Å². The molecular formula is C28H35N3O4. The molecule has 2 rings (SSSR count). The van der Waals surface area contributed by atoms with Crippen molar-refractivity contribution in [1.82, 2.24) is 10.2 Å². The Hall–Kier alpha value is -3.79. The van der Waals surface area contributed by atoms with Gasteiger partial charge in [0.2, 0.25) is 0 Å². The van der Waals surface area contributed by atoms with Gasteiger partial charge in [-0.3, -0.25) is 9.59 Å². The maximum absolute atomic E-state index is 12.7. The average molecular weight is 478 g/mol. The van der Waals surface area contributed by atoms with Gasteiger partial charge in [0.1, 0.15) is 11.6 Å². The standard InChI is InChI=1S/C28H35N3O4/c1-7-34-26-16-22(13-14-25(26)35-18-27(32)31(19(2)3)20(4)5)15-24(17-29)28(33)30-21(6)23-11-9-8-10-12-23/h8-16,19-21H,7,18H2,1-6H3,(H,30,33)/b24-15+. The van der Waals surface area contributed by atoms with Crippen LogP contribution in [0.25, 0.3) is 6.08 Å². The zero-order valence-electron chi connectivity index (χ0n) is 21.4. The summed E-state index contributed by atoms with van der Waals surface area (Å²) in [4.78, 5) is 27.1. The van der Waals surface area contributed by atoms with E-state index in [9.17, 15) is 14.9 Å². The number of nitrogens with zero attached hydrogens (tertiary/aromatic N) is 2. The third-order valence-electron chi connectivity index (χ3n) is 5.34. The van der Waals surface area contributed by atoms with Gasteiger partial charge >= 0.3 is 0 Å². The second-order valence-corrected chi connectivity index (χ2v) is 8.69. The first kappa shape index (κ1) is 27.5. The molecule has 186 valence electrons. The molecule has 2 aromatic carbocycles. The topological polar surface area (TPSA) is 91.7 Å². The largest absolute Gasteiger partial charge is 0.490 e. The molecule has 0 aliphatic rings. The number of rotatable bonds is 11. The molecule has 0 bridgehead atoms. The van der Waals surface area contributed by atoms with E-state index in [2.05, 4.69) is 5.32 Å². The molecule has 0 aliphatic carbocycles. The van der Waals surface area contributed by atoms with E-state index in [1.54, 1.807) is 23.1 Å². The summed E-state index contributed by atoms with van der Waals surface area (Å²) in [5, 5.41) is 12.4. The molecule has 2 amide bonds. The van der Waals surface area contributed by atoms with Crippen molar-refractivity contribution in [3.8, 4) is 17.6 Å². The third-order valence-corrected chi connectivity index (χ3v) is 5.34. The fourth-order valence-corrected chi connectivity index (χ4v) is 3.80. The highest BCUT2D eigenvalue weighted by atomic mass is 16.5. The van der Waals surface area contributed by atoms with Crippen LogP contribution in [0.2, 0.25) is 0 Å². The molecule has 0 saturated heterocycles. The van der Waals surface area contributed by atoms with E-state index in [4.69, 9.17) is 9.47 Å². The summed E-state index contributed by atoms with van der Waals surface area (Å²) in [6, 6.07) is 16.5. The summed E-state index contributed by atoms with van der Waals surface area (Å²) in [6.45, 7) is 11.8. The maximum atomic E-state index is 12.7. The van der Waals surface area contributed by atoms with Gasteiger partial charge < -0.3 is 19.7 Å². The molecule has 0 aliphatic heterocycles. The van der Waals surface area contributed by atoms with Crippen molar-refractivity contribution in [3.05, 3.63) is 65.2 Å². The highest BCUT2D eigenvalue weighted by Gasteiger charge is 2.21. The van der Waals surface area contributed by atoms with Crippen molar-refractivity contribution in [2.75, 3.05) is 13.2 Å². The van der Waals surface area contributed by atoms with Crippen LogP contribution in [0.4, 0.5) is 0 Å². The van der Waals surface area contributed by atoms with Gasteiger partial charge in [0.25, 0.3) is 11.8 Å². The predicted octanol–water partition coefficient (Wildman–Crippen LogP) is 4.89. The van der Waals surface area contributed by atoms with Gasteiger partial charge in [-0.25, -0.2) is 0 Å². The van der Waals surface area contributed by atoms with Crippen molar-refractivity contribution in [2.45, 2.75) is 59.7 Å². The molecular weight excluding hydrogens is 442 g/mol. The summed E-state index contributed by atoms with van der Waals surface area (Å²) in [5.41, 5.74) is 1.53. The Balaban J connectivity index is 2.18. The first-order valence-corrected chi connectivity index (χ1v) is 11.9. The van der Waals surface area contributed by atoms with Crippen molar-refractivity contribution >= 4 is 17.9 Å². The van der Waals surface area contributed by atoms with E-state index in [-0.39, 0.29) is 36.2 Å². The molecule has 1 atom stereocenters. The number of hydrogen-bond donors (Lipinski definition) is 1. The lowest BCUT2D eigenvalue weighted by Gasteiger charge is -2.30. The first-order chi connectivity index (χ1) is 16.7. The molecule has 0 heterocycles. The highest BCUT2D eigenvalue weighted by molar-refractivity contribution is 6.01. The van der Waals surface area contributed by atoms with Crippen LogP contribution in [-0.4, -0.2) is 42.0 Å². The van der Waals surface area contributed by atoms with E-state index >= 15 is 0 Å². The van der Waals surface area contributed by atoms with Gasteiger partial charge in [-0.15, -0.1) is 0 Å². The van der Waals surface area contributed by atoms with Crippen LogP contribution in [-0.2, 0) is 9.59 Å². The number of hydrogen-bond acceptors (Lipinski definition) is 5. The summed E-state index contributed by atoms with van der Waals surface area (Å²) >= 11 is 0. The lowest BCUT2D eigenvalue weighted by molar-refractivity contribution is -0.137. The summed E-state index contributed by atoms with van der Waals surface area (Å²) < 4.78 is 11.5. The molecule has 1 N–H and O–H groups in total. The number of nitriles is 1. The van der Waals surface area contributed by atoms with Gasteiger partial charge in [-0.1, -0.05) is 36.4 Å². The smallest absolute Gasteiger partial charge is 0.262 e. The summed E-state index contributed by atoms with van der Waals surface area (Å²) in [6.07, 6.45) is 1.50. The third kappa shape index (κ3) is 7.89. The SMILES string of the molecule is CCOc1cc(/C=C(\C#N)C(=O)NC(C)c2ccccc2)ccc1OCC(=O)N(C(C)C)C(C)C. The molecule has 0 saturated carbocycles. The van der Waals surface area contributed by atoms with Crippen molar-refractivity contribution in [2.24, 2.45) is 0 Å². The minimum Gasteiger partial charge on any atom is -0.490 e. The van der Waals surface area contributed by atoms with E-state index < -0.39 is 5.91 Å². The van der Waals surface area contributed by atoms with E-state index in [0.29, 0.717) is 23.7 Å². The van der Waals surface area contributed by atoms with Gasteiger partial charge in [0.05, 0.1) is 12.6 Å². The van der Waals surface area contributed by atoms with Gasteiger partial charge in [0.15, 0.2) is 18.1 Å². The molecule has 0 aromatic heterocycles. The Morgan fingerprint density at radius 1 is 1.00 bits per heavy atom. The Bertz CT molecular complexity index is 1060. The van der Waals surface area contributed by atoms with Crippen molar-refractivity contribution in [1.29, 1.82) is 5.26 Å². The Morgan fingerprint density at radius 2 is 1.66 bits per heavy atom. The Kier molecular flexibility index (Phi) is 10.3. The van der Waals surface area contributed by atoms with Crippen LogP contribution in [0, 0.1) is 11.3 Å². The molecule has 0 fully saturated rings.